The zero-order chi connectivity index (χ0) is 13.7. The third-order valence-corrected chi connectivity index (χ3v) is 4.50. The molecule has 0 spiro atoms. The standard InChI is InChI=1S/C16H24.C2H6/c1-5-11(2)15-10-9-12(3)14-8-6-7-13(4)16(14)15;1-2/h6-8,11-12,15H,5,9-10H2,1-4H3;1-2H3. The number of fused-ring (bicyclic) bond motifs is 1. The summed E-state index contributed by atoms with van der Waals surface area (Å²) >= 11 is 0. The van der Waals surface area contributed by atoms with Gasteiger partial charge >= 0.3 is 0 Å². The Kier molecular flexibility index (Phi) is 5.91. The molecule has 0 bridgehead atoms. The van der Waals surface area contributed by atoms with Crippen molar-refractivity contribution in [2.75, 3.05) is 0 Å². The van der Waals surface area contributed by atoms with Crippen molar-refractivity contribution in [2.24, 2.45) is 5.92 Å². The van der Waals surface area contributed by atoms with Crippen molar-refractivity contribution in [3.8, 4) is 0 Å². The molecule has 0 amide bonds. The van der Waals surface area contributed by atoms with E-state index in [2.05, 4.69) is 45.9 Å². The fourth-order valence-electron chi connectivity index (χ4n) is 3.22. The second kappa shape index (κ2) is 6.97. The van der Waals surface area contributed by atoms with E-state index >= 15 is 0 Å². The van der Waals surface area contributed by atoms with Gasteiger partial charge in [-0.3, -0.25) is 0 Å². The van der Waals surface area contributed by atoms with Crippen LogP contribution >= 0.6 is 0 Å². The van der Waals surface area contributed by atoms with Crippen molar-refractivity contribution >= 4 is 0 Å². The topological polar surface area (TPSA) is 0 Å². The monoisotopic (exact) mass is 246 g/mol. The van der Waals surface area contributed by atoms with E-state index in [1.165, 1.54) is 24.8 Å². The van der Waals surface area contributed by atoms with E-state index in [0.29, 0.717) is 0 Å². The molecule has 3 unspecified atom stereocenters. The number of hydrogen-bond acceptors (Lipinski definition) is 0. The lowest BCUT2D eigenvalue weighted by Gasteiger charge is -2.34. The summed E-state index contributed by atoms with van der Waals surface area (Å²) in [5, 5.41) is 0. The van der Waals surface area contributed by atoms with Crippen LogP contribution in [0.4, 0.5) is 0 Å². The first-order chi connectivity index (χ1) is 8.65. The predicted octanol–water partition coefficient (Wildman–Crippen LogP) is 6.05. The van der Waals surface area contributed by atoms with Gasteiger partial charge in [0.1, 0.15) is 0 Å². The Balaban J connectivity index is 0.000000771. The molecule has 18 heavy (non-hydrogen) atoms. The Morgan fingerprint density at radius 2 is 1.89 bits per heavy atom. The third-order valence-electron chi connectivity index (χ3n) is 4.50. The molecule has 0 heteroatoms. The molecule has 1 aliphatic carbocycles. The fourth-order valence-corrected chi connectivity index (χ4v) is 3.22. The van der Waals surface area contributed by atoms with E-state index in [9.17, 15) is 0 Å². The fraction of sp³-hybridized carbons (Fsp3) is 0.667. The molecule has 102 valence electrons. The van der Waals surface area contributed by atoms with Gasteiger partial charge in [0.25, 0.3) is 0 Å². The van der Waals surface area contributed by atoms with Crippen LogP contribution in [0, 0.1) is 12.8 Å². The molecule has 0 aliphatic heterocycles. The van der Waals surface area contributed by atoms with Crippen LogP contribution in [0.5, 0.6) is 0 Å². The van der Waals surface area contributed by atoms with Gasteiger partial charge in [0, 0.05) is 0 Å². The van der Waals surface area contributed by atoms with E-state index in [0.717, 1.165) is 17.8 Å². The summed E-state index contributed by atoms with van der Waals surface area (Å²) in [6.45, 7) is 13.4. The summed E-state index contributed by atoms with van der Waals surface area (Å²) < 4.78 is 0. The van der Waals surface area contributed by atoms with Crippen LogP contribution in [0.2, 0.25) is 0 Å². The second-order valence-corrected chi connectivity index (χ2v) is 5.55. The highest BCUT2D eigenvalue weighted by Gasteiger charge is 2.28. The lowest BCUT2D eigenvalue weighted by Crippen LogP contribution is -2.19. The Labute approximate surface area is 114 Å². The molecule has 0 nitrogen and oxygen atoms in total. The smallest absolute Gasteiger partial charge is 0.0131 e. The van der Waals surface area contributed by atoms with Crippen molar-refractivity contribution in [2.45, 2.75) is 72.6 Å². The van der Waals surface area contributed by atoms with Crippen LogP contribution in [0.25, 0.3) is 0 Å². The van der Waals surface area contributed by atoms with E-state index in [4.69, 9.17) is 0 Å². The van der Waals surface area contributed by atoms with Gasteiger partial charge in [-0.1, -0.05) is 59.2 Å². The van der Waals surface area contributed by atoms with Crippen LogP contribution < -0.4 is 0 Å². The lowest BCUT2D eigenvalue weighted by molar-refractivity contribution is 0.377. The van der Waals surface area contributed by atoms with Crippen molar-refractivity contribution in [1.82, 2.24) is 0 Å². The van der Waals surface area contributed by atoms with Crippen molar-refractivity contribution in [3.05, 3.63) is 34.9 Å². The van der Waals surface area contributed by atoms with Gasteiger partial charge in [-0.25, -0.2) is 0 Å². The van der Waals surface area contributed by atoms with Crippen LogP contribution in [0.3, 0.4) is 0 Å². The number of benzene rings is 1. The van der Waals surface area contributed by atoms with Gasteiger partial charge in [0.15, 0.2) is 0 Å². The van der Waals surface area contributed by atoms with Gasteiger partial charge in [0.05, 0.1) is 0 Å². The first-order valence-electron chi connectivity index (χ1n) is 7.74. The maximum Gasteiger partial charge on any atom is -0.0131 e. The first kappa shape index (κ1) is 15.3. The Bertz CT molecular complexity index is 364. The zero-order valence-electron chi connectivity index (χ0n) is 13.1. The van der Waals surface area contributed by atoms with Crippen LogP contribution in [0.1, 0.15) is 82.4 Å². The Morgan fingerprint density at radius 3 is 2.50 bits per heavy atom. The van der Waals surface area contributed by atoms with Gasteiger partial charge in [-0.15, -0.1) is 0 Å². The average Bonchev–Trinajstić information content (AvgIpc) is 2.41. The van der Waals surface area contributed by atoms with Crippen LogP contribution in [-0.4, -0.2) is 0 Å². The normalized spacial score (nSPS) is 23.7. The SMILES string of the molecule is CC.CCC(C)C1CCC(C)c2cccc(C)c21. The van der Waals surface area contributed by atoms with Crippen molar-refractivity contribution in [1.29, 1.82) is 0 Å². The van der Waals surface area contributed by atoms with Crippen LogP contribution in [0.15, 0.2) is 18.2 Å². The van der Waals surface area contributed by atoms with Gasteiger partial charge < -0.3 is 0 Å². The molecule has 2 rings (SSSR count). The third kappa shape index (κ3) is 2.96. The Hall–Kier alpha value is -0.780. The molecule has 0 saturated heterocycles. The molecule has 3 atom stereocenters. The highest BCUT2D eigenvalue weighted by molar-refractivity contribution is 5.41. The summed E-state index contributed by atoms with van der Waals surface area (Å²) in [5.41, 5.74) is 4.81. The summed E-state index contributed by atoms with van der Waals surface area (Å²) in [4.78, 5) is 0. The minimum atomic E-state index is 0.759. The summed E-state index contributed by atoms with van der Waals surface area (Å²) in [5.74, 6) is 2.39. The highest BCUT2D eigenvalue weighted by Crippen LogP contribution is 2.44. The van der Waals surface area contributed by atoms with Gasteiger partial charge in [0.2, 0.25) is 0 Å². The molecule has 1 aliphatic rings. The molecule has 0 saturated carbocycles. The first-order valence-corrected chi connectivity index (χ1v) is 7.74. The summed E-state index contributed by atoms with van der Waals surface area (Å²) in [7, 11) is 0. The van der Waals surface area contributed by atoms with E-state index < -0.39 is 0 Å². The zero-order valence-corrected chi connectivity index (χ0v) is 13.1. The lowest BCUT2D eigenvalue weighted by atomic mass is 9.70. The summed E-state index contributed by atoms with van der Waals surface area (Å²) in [6, 6.07) is 6.86. The molecular formula is C18H30. The molecule has 1 aromatic rings. The quantitative estimate of drug-likeness (QED) is 0.596. The highest BCUT2D eigenvalue weighted by atomic mass is 14.3. The maximum absolute atomic E-state index is 2.41. The van der Waals surface area contributed by atoms with Crippen molar-refractivity contribution in [3.63, 3.8) is 0 Å². The number of rotatable bonds is 2. The van der Waals surface area contributed by atoms with E-state index in [1.54, 1.807) is 11.1 Å². The minimum absolute atomic E-state index is 0.759. The molecule has 0 radical (unpaired) electrons. The minimum Gasteiger partial charge on any atom is -0.0683 e. The molecule has 1 aromatic carbocycles. The van der Waals surface area contributed by atoms with E-state index in [1.807, 2.05) is 13.8 Å². The summed E-state index contributed by atoms with van der Waals surface area (Å²) in [6.07, 6.45) is 4.05. The largest absolute Gasteiger partial charge is 0.0683 e. The van der Waals surface area contributed by atoms with Gasteiger partial charge in [-0.2, -0.15) is 0 Å². The van der Waals surface area contributed by atoms with E-state index in [-0.39, 0.29) is 0 Å². The van der Waals surface area contributed by atoms with Crippen molar-refractivity contribution < 1.29 is 0 Å². The molecule has 0 N–H and O–H groups in total. The molecule has 0 aromatic heterocycles. The predicted molar refractivity (Wildman–Crippen MR) is 82.4 cm³/mol. The molecular weight excluding hydrogens is 216 g/mol. The average molecular weight is 246 g/mol. The Morgan fingerprint density at radius 1 is 1.22 bits per heavy atom. The molecule has 0 fully saturated rings. The van der Waals surface area contributed by atoms with Crippen LogP contribution in [-0.2, 0) is 0 Å². The molecule has 0 heterocycles. The number of aryl methyl sites for hydroxylation is 1. The maximum atomic E-state index is 2.41. The van der Waals surface area contributed by atoms with Gasteiger partial charge in [-0.05, 0) is 54.2 Å². The number of hydrogen-bond donors (Lipinski definition) is 0. The second-order valence-electron chi connectivity index (χ2n) is 5.55.